The first-order valence-corrected chi connectivity index (χ1v) is 10.8. The van der Waals surface area contributed by atoms with Gasteiger partial charge in [0, 0.05) is 12.8 Å². The Balaban J connectivity index is 1.35. The number of thiazole rings is 1. The molecule has 1 unspecified atom stereocenters. The Labute approximate surface area is 172 Å². The number of quaternary nitrogens is 1. The highest BCUT2D eigenvalue weighted by atomic mass is 32.1. The molecule has 142 valence electrons. The van der Waals surface area contributed by atoms with Gasteiger partial charge in [0.25, 0.3) is 4.84 Å². The van der Waals surface area contributed by atoms with Crippen LogP contribution in [-0.4, -0.2) is 21.3 Å². The average molecular weight is 410 g/mol. The second-order valence-electron chi connectivity index (χ2n) is 7.20. The SMILES string of the molecule is S=c1oc(Cc2ccccc2)nn1C[NH+]1CCC[C@H]1c1nc2ccccc2s1. The number of benzene rings is 2. The minimum Gasteiger partial charge on any atom is -0.413 e. The first-order valence-electron chi connectivity index (χ1n) is 9.57. The Hall–Kier alpha value is -2.35. The minimum atomic E-state index is 0.397. The van der Waals surface area contributed by atoms with Crippen molar-refractivity contribution in [3.8, 4) is 0 Å². The largest absolute Gasteiger partial charge is 0.413 e. The molecule has 1 fully saturated rings. The lowest BCUT2D eigenvalue weighted by molar-refractivity contribution is -0.941. The standard InChI is InChI=1S/C21H20N4OS2/c27-21-25(23-19(26-21)13-15-7-2-1-3-8-15)14-24-12-6-10-17(24)20-22-16-9-4-5-11-18(16)28-20/h1-5,7-9,11,17H,6,10,12-14H2/p+1/t17-/m0/s1. The zero-order chi connectivity index (χ0) is 18.9. The van der Waals surface area contributed by atoms with Gasteiger partial charge in [0.2, 0.25) is 5.89 Å². The van der Waals surface area contributed by atoms with Crippen molar-refractivity contribution in [1.82, 2.24) is 14.8 Å². The van der Waals surface area contributed by atoms with Gasteiger partial charge in [0.05, 0.1) is 23.2 Å². The van der Waals surface area contributed by atoms with Crippen LogP contribution in [0.3, 0.4) is 0 Å². The molecule has 0 radical (unpaired) electrons. The summed E-state index contributed by atoms with van der Waals surface area (Å²) in [5.74, 6) is 0.673. The third-order valence-corrected chi connectivity index (χ3v) is 6.74. The van der Waals surface area contributed by atoms with Crippen molar-refractivity contribution in [3.05, 3.63) is 75.9 Å². The van der Waals surface area contributed by atoms with E-state index in [1.54, 1.807) is 0 Å². The number of fused-ring (bicyclic) bond motifs is 1. The summed E-state index contributed by atoms with van der Waals surface area (Å²) in [7, 11) is 0. The second-order valence-corrected chi connectivity index (χ2v) is 8.62. The lowest BCUT2D eigenvalue weighted by Crippen LogP contribution is -3.09. The Morgan fingerprint density at radius 1 is 1.14 bits per heavy atom. The van der Waals surface area contributed by atoms with Gasteiger partial charge in [-0.3, -0.25) is 0 Å². The molecule has 2 aromatic carbocycles. The third-order valence-electron chi connectivity index (χ3n) is 5.29. The van der Waals surface area contributed by atoms with E-state index in [0.29, 0.717) is 23.2 Å². The van der Waals surface area contributed by atoms with Gasteiger partial charge in [0.15, 0.2) is 11.7 Å². The van der Waals surface area contributed by atoms with Crippen LogP contribution in [0.1, 0.15) is 35.3 Å². The van der Waals surface area contributed by atoms with Gasteiger partial charge in [-0.2, -0.15) is 4.68 Å². The van der Waals surface area contributed by atoms with Crippen molar-refractivity contribution in [2.24, 2.45) is 0 Å². The molecule has 0 aliphatic carbocycles. The summed E-state index contributed by atoms with van der Waals surface area (Å²) in [6, 6.07) is 19.0. The summed E-state index contributed by atoms with van der Waals surface area (Å²) in [5, 5.41) is 5.86. The predicted molar refractivity (Wildman–Crippen MR) is 112 cm³/mol. The van der Waals surface area contributed by atoms with Crippen LogP contribution in [-0.2, 0) is 13.1 Å². The molecule has 1 saturated heterocycles. The van der Waals surface area contributed by atoms with E-state index in [1.165, 1.54) is 26.6 Å². The highest BCUT2D eigenvalue weighted by Gasteiger charge is 2.33. The highest BCUT2D eigenvalue weighted by molar-refractivity contribution is 7.71. The first kappa shape index (κ1) is 17.7. The van der Waals surface area contributed by atoms with Crippen LogP contribution in [0.5, 0.6) is 0 Å². The fraction of sp³-hybridized carbons (Fsp3) is 0.286. The van der Waals surface area contributed by atoms with E-state index in [0.717, 1.165) is 25.2 Å². The molecule has 1 aliphatic heterocycles. The van der Waals surface area contributed by atoms with Crippen molar-refractivity contribution in [2.45, 2.75) is 32.0 Å². The minimum absolute atomic E-state index is 0.397. The van der Waals surface area contributed by atoms with Crippen molar-refractivity contribution in [2.75, 3.05) is 6.54 Å². The Bertz CT molecular complexity index is 1110. The molecule has 0 saturated carbocycles. The molecule has 0 amide bonds. The number of rotatable bonds is 5. The van der Waals surface area contributed by atoms with Gasteiger partial charge in [-0.05, 0) is 29.9 Å². The molecule has 7 heteroatoms. The number of hydrogen-bond donors (Lipinski definition) is 1. The molecule has 5 nitrogen and oxygen atoms in total. The van der Waals surface area contributed by atoms with E-state index in [-0.39, 0.29) is 0 Å². The number of nitrogens with zero attached hydrogens (tertiary/aromatic N) is 3. The molecule has 0 bridgehead atoms. The molecular weight excluding hydrogens is 388 g/mol. The van der Waals surface area contributed by atoms with Gasteiger partial charge < -0.3 is 9.32 Å². The number of likely N-dealkylation sites (tertiary alicyclic amines) is 1. The van der Waals surface area contributed by atoms with Crippen LogP contribution in [0.15, 0.2) is 59.0 Å². The second kappa shape index (κ2) is 7.58. The molecule has 4 aromatic rings. The van der Waals surface area contributed by atoms with Crippen molar-refractivity contribution >= 4 is 33.8 Å². The topological polar surface area (TPSA) is 48.3 Å². The van der Waals surface area contributed by atoms with Crippen molar-refractivity contribution in [3.63, 3.8) is 0 Å². The van der Waals surface area contributed by atoms with E-state index in [1.807, 2.05) is 40.3 Å². The van der Waals surface area contributed by atoms with Gasteiger partial charge in [-0.1, -0.05) is 42.5 Å². The summed E-state index contributed by atoms with van der Waals surface area (Å²) >= 11 is 7.25. The van der Waals surface area contributed by atoms with E-state index in [4.69, 9.17) is 21.6 Å². The predicted octanol–water partition coefficient (Wildman–Crippen LogP) is 3.78. The average Bonchev–Trinajstić information content (AvgIpc) is 3.41. The normalized spacial score (nSPS) is 19.4. The van der Waals surface area contributed by atoms with Crippen molar-refractivity contribution in [1.29, 1.82) is 0 Å². The summed E-state index contributed by atoms with van der Waals surface area (Å²) in [4.78, 5) is 6.79. The van der Waals surface area contributed by atoms with Gasteiger partial charge in [-0.15, -0.1) is 16.4 Å². The lowest BCUT2D eigenvalue weighted by Gasteiger charge is -2.18. The summed E-state index contributed by atoms with van der Waals surface area (Å²) in [6.45, 7) is 1.82. The molecule has 28 heavy (non-hydrogen) atoms. The molecule has 3 heterocycles. The summed E-state index contributed by atoms with van der Waals surface area (Å²) in [6.07, 6.45) is 3.00. The number of hydrogen-bond acceptors (Lipinski definition) is 5. The molecule has 2 atom stereocenters. The monoisotopic (exact) mass is 409 g/mol. The Morgan fingerprint density at radius 2 is 1.96 bits per heavy atom. The summed E-state index contributed by atoms with van der Waals surface area (Å²) in [5.41, 5.74) is 2.27. The fourth-order valence-corrected chi connectivity index (χ4v) is 5.28. The van der Waals surface area contributed by atoms with E-state index < -0.39 is 0 Å². The van der Waals surface area contributed by atoms with Crippen molar-refractivity contribution < 1.29 is 9.32 Å². The highest BCUT2D eigenvalue weighted by Crippen LogP contribution is 2.28. The molecule has 0 spiro atoms. The maximum atomic E-state index is 5.76. The maximum absolute atomic E-state index is 5.76. The van der Waals surface area contributed by atoms with Crippen LogP contribution in [0, 0.1) is 4.84 Å². The van der Waals surface area contributed by atoms with Crippen LogP contribution in [0.25, 0.3) is 10.2 Å². The lowest BCUT2D eigenvalue weighted by atomic mass is 10.2. The van der Waals surface area contributed by atoms with Gasteiger partial charge in [-0.25, -0.2) is 4.98 Å². The van der Waals surface area contributed by atoms with Gasteiger partial charge >= 0.3 is 0 Å². The van der Waals surface area contributed by atoms with Crippen LogP contribution < -0.4 is 4.90 Å². The first-order chi connectivity index (χ1) is 13.8. The molecule has 1 aliphatic rings. The van der Waals surface area contributed by atoms with E-state index in [9.17, 15) is 0 Å². The number of aromatic nitrogens is 3. The molecule has 1 N–H and O–H groups in total. The summed E-state index contributed by atoms with van der Waals surface area (Å²) < 4.78 is 8.86. The Morgan fingerprint density at radius 3 is 2.82 bits per heavy atom. The number of nitrogens with one attached hydrogen (secondary N) is 1. The zero-order valence-corrected chi connectivity index (χ0v) is 17.0. The van der Waals surface area contributed by atoms with E-state index in [2.05, 4.69) is 35.4 Å². The number of para-hydroxylation sites is 1. The fourth-order valence-electron chi connectivity index (χ4n) is 3.92. The quantitative estimate of drug-likeness (QED) is 0.510. The third kappa shape index (κ3) is 3.53. The maximum Gasteiger partial charge on any atom is 0.291 e. The van der Waals surface area contributed by atoms with E-state index >= 15 is 0 Å². The molecule has 2 aromatic heterocycles. The van der Waals surface area contributed by atoms with Crippen LogP contribution in [0.4, 0.5) is 0 Å². The van der Waals surface area contributed by atoms with Crippen LogP contribution >= 0.6 is 23.6 Å². The van der Waals surface area contributed by atoms with Gasteiger partial charge in [0.1, 0.15) is 6.04 Å². The smallest absolute Gasteiger partial charge is 0.291 e. The molecule has 5 rings (SSSR count). The van der Waals surface area contributed by atoms with Crippen LogP contribution in [0.2, 0.25) is 0 Å². The zero-order valence-electron chi connectivity index (χ0n) is 15.4. The molecular formula is C21H21N4OS2+. The Kier molecular flexibility index (Phi) is 4.80.